The number of amides is 2. The van der Waals surface area contributed by atoms with Gasteiger partial charge >= 0.3 is 6.03 Å². The van der Waals surface area contributed by atoms with E-state index in [0.29, 0.717) is 23.3 Å². The molecule has 6 nitrogen and oxygen atoms in total. The molecule has 0 radical (unpaired) electrons. The molecule has 0 spiro atoms. The van der Waals surface area contributed by atoms with E-state index in [0.717, 1.165) is 32.8 Å². The Bertz CT molecular complexity index is 1310. The molecule has 0 saturated carbocycles. The molecule has 3 heterocycles. The van der Waals surface area contributed by atoms with Crippen LogP contribution in [0.4, 0.5) is 4.79 Å². The molecule has 4 aromatic rings. The number of hydrogen-bond donors (Lipinski definition) is 1. The summed E-state index contributed by atoms with van der Waals surface area (Å²) in [5, 5.41) is 9.96. The number of nitrogens with zero attached hydrogens (tertiary/aromatic N) is 3. The van der Waals surface area contributed by atoms with Crippen molar-refractivity contribution in [3.8, 4) is 11.4 Å². The first-order valence-corrected chi connectivity index (χ1v) is 11.7. The molecule has 2 amide bonds. The van der Waals surface area contributed by atoms with E-state index in [1.54, 1.807) is 28.4 Å². The molecule has 33 heavy (non-hydrogen) atoms. The van der Waals surface area contributed by atoms with Gasteiger partial charge in [0.25, 0.3) is 5.89 Å². The number of urea groups is 1. The minimum atomic E-state index is -0.444. The van der Waals surface area contributed by atoms with E-state index in [2.05, 4.69) is 10.5 Å². The summed E-state index contributed by atoms with van der Waals surface area (Å²) in [5.41, 5.74) is 4.44. The van der Waals surface area contributed by atoms with Crippen molar-refractivity contribution in [3.63, 3.8) is 0 Å². The molecule has 2 aromatic carbocycles. The maximum absolute atomic E-state index is 13.1. The summed E-state index contributed by atoms with van der Waals surface area (Å²) >= 11 is 7.71. The molecular weight excluding hydrogens is 456 g/mol. The van der Waals surface area contributed by atoms with E-state index in [-0.39, 0.29) is 6.03 Å². The second kappa shape index (κ2) is 8.84. The molecule has 0 bridgehead atoms. The number of carbonyl (C=O) groups is 1. The van der Waals surface area contributed by atoms with Gasteiger partial charge in [-0.2, -0.15) is 4.98 Å². The third-order valence-corrected chi connectivity index (χ3v) is 6.77. The molecule has 8 heteroatoms. The Hall–Kier alpha value is -3.42. The Kier molecular flexibility index (Phi) is 5.74. The number of aromatic nitrogens is 2. The highest BCUT2D eigenvalue weighted by Crippen LogP contribution is 2.38. The summed E-state index contributed by atoms with van der Waals surface area (Å²) in [5.74, 6) is 0.876. The van der Waals surface area contributed by atoms with Crippen LogP contribution in [0.1, 0.15) is 34.9 Å². The quantitative estimate of drug-likeness (QED) is 0.359. The van der Waals surface area contributed by atoms with Crippen LogP contribution >= 0.6 is 22.9 Å². The fourth-order valence-electron chi connectivity index (χ4n) is 3.87. The summed E-state index contributed by atoms with van der Waals surface area (Å²) in [6, 6.07) is 18.7. The van der Waals surface area contributed by atoms with Crippen molar-refractivity contribution in [2.24, 2.45) is 0 Å². The first-order chi connectivity index (χ1) is 16.0. The maximum atomic E-state index is 13.1. The minimum absolute atomic E-state index is 0.178. The summed E-state index contributed by atoms with van der Waals surface area (Å²) in [7, 11) is 0. The van der Waals surface area contributed by atoms with Crippen LogP contribution in [0.25, 0.3) is 17.0 Å². The smallest absolute Gasteiger partial charge is 0.322 e. The van der Waals surface area contributed by atoms with Crippen molar-refractivity contribution in [2.75, 3.05) is 0 Å². The highest BCUT2D eigenvalue weighted by atomic mass is 35.5. The lowest BCUT2D eigenvalue weighted by Gasteiger charge is -2.35. The monoisotopic (exact) mass is 476 g/mol. The lowest BCUT2D eigenvalue weighted by Crippen LogP contribution is -2.45. The molecule has 1 N–H and O–H groups in total. The van der Waals surface area contributed by atoms with Crippen LogP contribution in [-0.2, 0) is 6.54 Å². The van der Waals surface area contributed by atoms with Gasteiger partial charge in [0.15, 0.2) is 0 Å². The Labute approximate surface area is 200 Å². The van der Waals surface area contributed by atoms with Crippen molar-refractivity contribution in [1.82, 2.24) is 20.4 Å². The Morgan fingerprint density at radius 2 is 1.85 bits per heavy atom. The van der Waals surface area contributed by atoms with Crippen molar-refractivity contribution in [2.45, 2.75) is 26.4 Å². The van der Waals surface area contributed by atoms with Crippen molar-refractivity contribution >= 4 is 34.5 Å². The van der Waals surface area contributed by atoms with E-state index in [9.17, 15) is 4.79 Å². The van der Waals surface area contributed by atoms with Gasteiger partial charge in [-0.25, -0.2) is 4.79 Å². The molecule has 1 unspecified atom stereocenters. The summed E-state index contributed by atoms with van der Waals surface area (Å²) in [4.78, 5) is 20.6. The zero-order valence-electron chi connectivity index (χ0n) is 18.1. The molecule has 2 aromatic heterocycles. The van der Waals surface area contributed by atoms with Gasteiger partial charge in [0.05, 0.1) is 18.2 Å². The fraction of sp³-hybridized carbons (Fsp3) is 0.160. The molecule has 5 rings (SSSR count). The molecule has 0 aliphatic carbocycles. The van der Waals surface area contributed by atoms with Crippen LogP contribution in [0.3, 0.4) is 0 Å². The molecule has 1 atom stereocenters. The van der Waals surface area contributed by atoms with Crippen molar-refractivity contribution in [1.29, 1.82) is 0 Å². The number of rotatable bonds is 5. The summed E-state index contributed by atoms with van der Waals surface area (Å²) < 4.78 is 5.73. The Balaban J connectivity index is 1.59. The number of aryl methyl sites for hydroxylation is 1. The number of hydrogen-bond acceptors (Lipinski definition) is 5. The van der Waals surface area contributed by atoms with Gasteiger partial charge in [0.2, 0.25) is 5.82 Å². The summed E-state index contributed by atoms with van der Waals surface area (Å²) in [6.45, 7) is 4.41. The largest absolute Gasteiger partial charge is 0.334 e. The second-order valence-corrected chi connectivity index (χ2v) is 9.36. The minimum Gasteiger partial charge on any atom is -0.334 e. The lowest BCUT2D eigenvalue weighted by atomic mass is 9.94. The topological polar surface area (TPSA) is 71.3 Å². The number of carbonyl (C=O) groups excluding carboxylic acids is 1. The third-order valence-electron chi connectivity index (χ3n) is 5.66. The molecule has 1 aliphatic heterocycles. The highest BCUT2D eigenvalue weighted by molar-refractivity contribution is 7.09. The van der Waals surface area contributed by atoms with E-state index in [1.165, 1.54) is 0 Å². The Morgan fingerprint density at radius 1 is 1.09 bits per heavy atom. The number of benzene rings is 2. The van der Waals surface area contributed by atoms with Crippen molar-refractivity contribution < 1.29 is 9.32 Å². The first kappa shape index (κ1) is 21.4. The van der Waals surface area contributed by atoms with Crippen molar-refractivity contribution in [3.05, 3.63) is 98.7 Å². The highest BCUT2D eigenvalue weighted by Gasteiger charge is 2.35. The maximum Gasteiger partial charge on any atom is 0.322 e. The predicted molar refractivity (Wildman–Crippen MR) is 130 cm³/mol. The van der Waals surface area contributed by atoms with Gasteiger partial charge in [-0.1, -0.05) is 64.8 Å². The zero-order chi connectivity index (χ0) is 22.9. The molecule has 0 saturated heterocycles. The second-order valence-electron chi connectivity index (χ2n) is 7.89. The van der Waals surface area contributed by atoms with Crippen LogP contribution in [0.5, 0.6) is 0 Å². The number of halogens is 1. The Morgan fingerprint density at radius 3 is 2.55 bits per heavy atom. The van der Waals surface area contributed by atoms with Crippen LogP contribution in [0.2, 0.25) is 5.02 Å². The van der Waals surface area contributed by atoms with Crippen LogP contribution in [0.15, 0.2) is 76.3 Å². The zero-order valence-corrected chi connectivity index (χ0v) is 19.7. The first-order valence-electron chi connectivity index (χ1n) is 10.5. The normalized spacial score (nSPS) is 16.3. The van der Waals surface area contributed by atoms with E-state index >= 15 is 0 Å². The van der Waals surface area contributed by atoms with Gasteiger partial charge in [-0.15, -0.1) is 11.3 Å². The van der Waals surface area contributed by atoms with E-state index in [4.69, 9.17) is 21.1 Å². The van der Waals surface area contributed by atoms with Gasteiger partial charge in [-0.05, 0) is 43.0 Å². The molecular formula is C25H21ClN4O2S. The molecule has 0 fully saturated rings. The SMILES string of the molecule is CC1=C(c2nc(-c3ccc(C)cc3)no2)C(c2ccc(Cl)cc2)NC(=O)N1Cc1cccs1. The van der Waals surface area contributed by atoms with Crippen LogP contribution in [-0.4, -0.2) is 21.1 Å². The standard InChI is InChI=1S/C25H21ClN4O2S/c1-15-5-7-18(8-6-15)23-28-24(32-29-23)21-16(2)30(14-20-4-3-13-33-20)25(31)27-22(21)17-9-11-19(26)12-10-17/h3-13,22H,14H2,1-2H3,(H,27,31). The fourth-order valence-corrected chi connectivity index (χ4v) is 4.68. The van der Waals surface area contributed by atoms with E-state index in [1.807, 2.05) is 67.8 Å². The summed E-state index contributed by atoms with van der Waals surface area (Å²) in [6.07, 6.45) is 0. The van der Waals surface area contributed by atoms with Crippen LogP contribution in [0, 0.1) is 6.92 Å². The van der Waals surface area contributed by atoms with Gasteiger partial charge in [-0.3, -0.25) is 4.90 Å². The average Bonchev–Trinajstić information content (AvgIpc) is 3.50. The predicted octanol–water partition coefficient (Wildman–Crippen LogP) is 6.46. The average molecular weight is 477 g/mol. The van der Waals surface area contributed by atoms with Gasteiger partial charge in [0.1, 0.15) is 0 Å². The number of allylic oxidation sites excluding steroid dienone is 1. The van der Waals surface area contributed by atoms with Crippen LogP contribution < -0.4 is 5.32 Å². The number of nitrogens with one attached hydrogen (secondary N) is 1. The molecule has 166 valence electrons. The van der Waals surface area contributed by atoms with Gasteiger partial charge < -0.3 is 9.84 Å². The number of thiophene rings is 1. The lowest BCUT2D eigenvalue weighted by molar-refractivity contribution is 0.203. The third kappa shape index (κ3) is 4.29. The van der Waals surface area contributed by atoms with E-state index < -0.39 is 6.04 Å². The van der Waals surface area contributed by atoms with Gasteiger partial charge in [0, 0.05) is 21.2 Å². The molecule has 1 aliphatic rings.